The molecule has 1 saturated heterocycles. The van der Waals surface area contributed by atoms with Crippen LogP contribution in [0.5, 0.6) is 0 Å². The maximum Gasteiger partial charge on any atom is 0.263 e. The average Bonchev–Trinajstić information content (AvgIpc) is 3.04. The van der Waals surface area contributed by atoms with Crippen molar-refractivity contribution >= 4 is 5.78 Å². The Labute approximate surface area is 122 Å². The van der Waals surface area contributed by atoms with E-state index in [1.165, 1.54) is 24.6 Å². The van der Waals surface area contributed by atoms with E-state index >= 15 is 0 Å². The lowest BCUT2D eigenvalue weighted by atomic mass is 9.92. The van der Waals surface area contributed by atoms with Gasteiger partial charge in [0, 0.05) is 12.5 Å². The van der Waals surface area contributed by atoms with Gasteiger partial charge in [0.1, 0.15) is 12.1 Å². The van der Waals surface area contributed by atoms with Gasteiger partial charge in [-0.25, -0.2) is 9.37 Å². The van der Waals surface area contributed by atoms with Gasteiger partial charge in [-0.1, -0.05) is 12.1 Å². The Balaban J connectivity index is 1.53. The van der Waals surface area contributed by atoms with Gasteiger partial charge in [-0.3, -0.25) is 9.69 Å². The molecule has 2 aromatic rings. The Morgan fingerprint density at radius 1 is 1.29 bits per heavy atom. The second-order valence-electron chi connectivity index (χ2n) is 5.38. The van der Waals surface area contributed by atoms with Crippen LogP contribution in [0.3, 0.4) is 0 Å². The molecule has 0 saturated carbocycles. The van der Waals surface area contributed by atoms with Gasteiger partial charge < -0.3 is 4.42 Å². The van der Waals surface area contributed by atoms with Crippen LogP contribution in [-0.2, 0) is 6.54 Å². The van der Waals surface area contributed by atoms with Crippen molar-refractivity contribution in [2.24, 2.45) is 5.92 Å². The van der Waals surface area contributed by atoms with Gasteiger partial charge in [-0.2, -0.15) is 0 Å². The summed E-state index contributed by atoms with van der Waals surface area (Å²) in [7, 11) is 0. The van der Waals surface area contributed by atoms with E-state index in [0.717, 1.165) is 38.0 Å². The van der Waals surface area contributed by atoms with Gasteiger partial charge in [0.25, 0.3) is 5.89 Å². The number of piperidine rings is 1. The summed E-state index contributed by atoms with van der Waals surface area (Å²) in [5.41, 5.74) is 1.09. The predicted octanol–water partition coefficient (Wildman–Crippen LogP) is 2.91. The number of oxazole rings is 1. The number of aromatic nitrogens is 1. The molecular weight excluding hydrogens is 271 g/mol. The number of rotatable bonds is 4. The molecule has 0 unspecified atom stereocenters. The Bertz CT molecular complexity index is 587. The fraction of sp³-hybridized carbons (Fsp3) is 0.375. The summed E-state index contributed by atoms with van der Waals surface area (Å²) in [4.78, 5) is 18.4. The van der Waals surface area contributed by atoms with Crippen molar-refractivity contribution in [3.05, 3.63) is 54.0 Å². The van der Waals surface area contributed by atoms with Crippen LogP contribution in [0, 0.1) is 11.7 Å². The van der Waals surface area contributed by atoms with E-state index in [4.69, 9.17) is 4.42 Å². The first kappa shape index (κ1) is 13.9. The zero-order chi connectivity index (χ0) is 14.7. The van der Waals surface area contributed by atoms with E-state index < -0.39 is 0 Å². The molecule has 1 aromatic carbocycles. The second-order valence-corrected chi connectivity index (χ2v) is 5.38. The molecule has 0 aliphatic carbocycles. The van der Waals surface area contributed by atoms with Crippen molar-refractivity contribution in [3.63, 3.8) is 0 Å². The quantitative estimate of drug-likeness (QED) is 0.812. The normalized spacial score (nSPS) is 17.0. The number of hydrogen-bond donors (Lipinski definition) is 0. The first-order valence-corrected chi connectivity index (χ1v) is 7.13. The SMILES string of the molecule is O=C(c1ncco1)C1CCN(Cc2ccc(F)cc2)CC1. The van der Waals surface area contributed by atoms with Gasteiger partial charge in [-0.05, 0) is 43.6 Å². The summed E-state index contributed by atoms with van der Waals surface area (Å²) in [5, 5.41) is 0. The largest absolute Gasteiger partial charge is 0.442 e. The third kappa shape index (κ3) is 3.36. The molecule has 1 aromatic heterocycles. The summed E-state index contributed by atoms with van der Waals surface area (Å²) in [6.45, 7) is 2.50. The molecule has 21 heavy (non-hydrogen) atoms. The number of hydrogen-bond acceptors (Lipinski definition) is 4. The van der Waals surface area contributed by atoms with Gasteiger partial charge >= 0.3 is 0 Å². The van der Waals surface area contributed by atoms with Crippen LogP contribution in [0.15, 0.2) is 41.1 Å². The molecule has 1 aliphatic heterocycles. The summed E-state index contributed by atoms with van der Waals surface area (Å²) >= 11 is 0. The molecule has 3 rings (SSSR count). The topological polar surface area (TPSA) is 46.3 Å². The third-order valence-electron chi connectivity index (χ3n) is 3.92. The molecule has 0 atom stereocenters. The number of Topliss-reactive ketones (excluding diaryl/α,β-unsaturated/α-hetero) is 1. The number of halogens is 1. The molecule has 0 bridgehead atoms. The minimum absolute atomic E-state index is 0.00133. The number of benzene rings is 1. The number of carbonyl (C=O) groups is 1. The lowest BCUT2D eigenvalue weighted by molar-refractivity contribution is 0.0799. The Kier molecular flexibility index (Phi) is 4.10. The number of likely N-dealkylation sites (tertiary alicyclic amines) is 1. The monoisotopic (exact) mass is 288 g/mol. The van der Waals surface area contributed by atoms with Crippen LogP contribution in [-0.4, -0.2) is 28.8 Å². The maximum atomic E-state index is 12.9. The Hall–Kier alpha value is -2.01. The molecule has 0 spiro atoms. The molecule has 1 aliphatic rings. The number of carbonyl (C=O) groups excluding carboxylic acids is 1. The van der Waals surface area contributed by atoms with Crippen molar-refractivity contribution in [2.45, 2.75) is 19.4 Å². The third-order valence-corrected chi connectivity index (χ3v) is 3.92. The minimum Gasteiger partial charge on any atom is -0.442 e. The maximum absolute atomic E-state index is 12.9. The lowest BCUT2D eigenvalue weighted by Gasteiger charge is -2.30. The van der Waals surface area contributed by atoms with Gasteiger partial charge in [0.2, 0.25) is 5.78 Å². The molecule has 5 heteroatoms. The average molecular weight is 288 g/mol. The summed E-state index contributed by atoms with van der Waals surface area (Å²) in [5.74, 6) is -0.00413. The van der Waals surface area contributed by atoms with Crippen molar-refractivity contribution in [3.8, 4) is 0 Å². The van der Waals surface area contributed by atoms with Crippen molar-refractivity contribution in [2.75, 3.05) is 13.1 Å². The smallest absolute Gasteiger partial charge is 0.263 e. The van der Waals surface area contributed by atoms with E-state index in [1.54, 1.807) is 12.1 Å². The molecule has 0 N–H and O–H groups in total. The zero-order valence-corrected chi connectivity index (χ0v) is 11.7. The van der Waals surface area contributed by atoms with E-state index in [1.807, 2.05) is 0 Å². The molecule has 2 heterocycles. The van der Waals surface area contributed by atoms with E-state index in [9.17, 15) is 9.18 Å². The second kappa shape index (κ2) is 6.18. The molecule has 4 nitrogen and oxygen atoms in total. The minimum atomic E-state index is -0.214. The standard InChI is InChI=1S/C16H17FN2O2/c17-14-3-1-12(2-4-14)11-19-8-5-13(6-9-19)15(20)16-18-7-10-21-16/h1-4,7,10,13H,5-6,8-9,11H2. The lowest BCUT2D eigenvalue weighted by Crippen LogP contribution is -2.36. The molecular formula is C16H17FN2O2. The molecule has 0 radical (unpaired) electrons. The highest BCUT2D eigenvalue weighted by molar-refractivity contribution is 5.93. The Morgan fingerprint density at radius 2 is 2.00 bits per heavy atom. The molecule has 0 amide bonds. The summed E-state index contributed by atoms with van der Waals surface area (Å²) in [6, 6.07) is 6.57. The van der Waals surface area contributed by atoms with Crippen molar-refractivity contribution < 1.29 is 13.6 Å². The van der Waals surface area contributed by atoms with Gasteiger partial charge in [0.15, 0.2) is 0 Å². The van der Waals surface area contributed by atoms with E-state index in [-0.39, 0.29) is 23.4 Å². The Morgan fingerprint density at radius 3 is 2.62 bits per heavy atom. The van der Waals surface area contributed by atoms with Crippen molar-refractivity contribution in [1.82, 2.24) is 9.88 Å². The summed E-state index contributed by atoms with van der Waals surface area (Å²) < 4.78 is 17.9. The zero-order valence-electron chi connectivity index (χ0n) is 11.7. The fourth-order valence-electron chi connectivity index (χ4n) is 2.72. The van der Waals surface area contributed by atoms with Crippen LogP contribution in [0.2, 0.25) is 0 Å². The van der Waals surface area contributed by atoms with Crippen LogP contribution in [0.25, 0.3) is 0 Å². The van der Waals surface area contributed by atoms with Gasteiger partial charge in [-0.15, -0.1) is 0 Å². The van der Waals surface area contributed by atoms with Gasteiger partial charge in [0.05, 0.1) is 6.20 Å². The highest BCUT2D eigenvalue weighted by atomic mass is 19.1. The van der Waals surface area contributed by atoms with Crippen LogP contribution in [0.1, 0.15) is 29.1 Å². The number of nitrogens with zero attached hydrogens (tertiary/aromatic N) is 2. The van der Waals surface area contributed by atoms with Crippen LogP contribution in [0.4, 0.5) is 4.39 Å². The molecule has 1 fully saturated rings. The fourth-order valence-corrected chi connectivity index (χ4v) is 2.72. The van der Waals surface area contributed by atoms with E-state index in [2.05, 4.69) is 9.88 Å². The van der Waals surface area contributed by atoms with E-state index in [0.29, 0.717) is 0 Å². The summed E-state index contributed by atoms with van der Waals surface area (Å²) in [6.07, 6.45) is 4.54. The highest BCUT2D eigenvalue weighted by Crippen LogP contribution is 2.22. The molecule has 110 valence electrons. The highest BCUT2D eigenvalue weighted by Gasteiger charge is 2.28. The first-order valence-electron chi connectivity index (χ1n) is 7.13. The predicted molar refractivity (Wildman–Crippen MR) is 75.2 cm³/mol. The van der Waals surface area contributed by atoms with Crippen LogP contribution < -0.4 is 0 Å². The van der Waals surface area contributed by atoms with Crippen molar-refractivity contribution in [1.29, 1.82) is 0 Å². The first-order chi connectivity index (χ1) is 10.2. The van der Waals surface area contributed by atoms with Crippen LogP contribution >= 0.6 is 0 Å². The number of ketones is 1.